The molecular formula is C12H19N3O2. The van der Waals surface area contributed by atoms with Gasteiger partial charge in [-0.3, -0.25) is 9.78 Å². The Morgan fingerprint density at radius 3 is 2.94 bits per heavy atom. The number of nitrogen functional groups attached to an aromatic ring is 1. The van der Waals surface area contributed by atoms with Crippen LogP contribution < -0.4 is 11.1 Å². The van der Waals surface area contributed by atoms with Crippen molar-refractivity contribution in [1.82, 2.24) is 10.3 Å². The number of rotatable bonds is 6. The average molecular weight is 237 g/mol. The second kappa shape index (κ2) is 6.85. The van der Waals surface area contributed by atoms with E-state index >= 15 is 0 Å². The van der Waals surface area contributed by atoms with Crippen molar-refractivity contribution < 1.29 is 9.53 Å². The molecule has 0 radical (unpaired) electrons. The minimum atomic E-state index is -0.174. The lowest BCUT2D eigenvalue weighted by Crippen LogP contribution is -2.25. The van der Waals surface area contributed by atoms with Gasteiger partial charge in [0.1, 0.15) is 0 Å². The predicted molar refractivity (Wildman–Crippen MR) is 66.8 cm³/mol. The van der Waals surface area contributed by atoms with Gasteiger partial charge in [-0.05, 0) is 25.8 Å². The van der Waals surface area contributed by atoms with Crippen molar-refractivity contribution in [2.75, 3.05) is 26.0 Å². The normalized spacial score (nSPS) is 10.2. The number of carbonyl (C=O) groups is 1. The van der Waals surface area contributed by atoms with Crippen molar-refractivity contribution in [3.63, 3.8) is 0 Å². The zero-order valence-electron chi connectivity index (χ0n) is 10.3. The first-order valence-corrected chi connectivity index (χ1v) is 5.64. The first-order chi connectivity index (χ1) is 8.15. The number of ether oxygens (including phenoxy) is 1. The summed E-state index contributed by atoms with van der Waals surface area (Å²) in [5.74, 6) is -0.174. The van der Waals surface area contributed by atoms with E-state index in [1.54, 1.807) is 13.2 Å². The largest absolute Gasteiger partial charge is 0.398 e. The SMILES string of the molecule is COCCCCNC(=O)c1cnc(C)cc1N. The average Bonchev–Trinajstić information content (AvgIpc) is 2.28. The molecule has 0 unspecified atom stereocenters. The molecule has 3 N–H and O–H groups in total. The standard InChI is InChI=1S/C12H19N3O2/c1-9-7-11(13)10(8-15-9)12(16)14-5-3-4-6-17-2/h7-8H,3-6H2,1-2H3,(H2,13,15)(H,14,16). The Morgan fingerprint density at radius 1 is 1.53 bits per heavy atom. The number of hydrogen-bond donors (Lipinski definition) is 2. The minimum absolute atomic E-state index is 0.174. The molecular weight excluding hydrogens is 218 g/mol. The highest BCUT2D eigenvalue weighted by Gasteiger charge is 2.09. The summed E-state index contributed by atoms with van der Waals surface area (Å²) in [5, 5.41) is 2.80. The zero-order valence-corrected chi connectivity index (χ0v) is 10.3. The number of nitrogens with zero attached hydrogens (tertiary/aromatic N) is 1. The van der Waals surface area contributed by atoms with Gasteiger partial charge >= 0.3 is 0 Å². The van der Waals surface area contributed by atoms with E-state index in [1.165, 1.54) is 6.20 Å². The van der Waals surface area contributed by atoms with Crippen LogP contribution in [-0.4, -0.2) is 31.2 Å². The predicted octanol–water partition coefficient (Wildman–Crippen LogP) is 1.13. The van der Waals surface area contributed by atoms with E-state index in [0.717, 1.165) is 18.5 Å². The summed E-state index contributed by atoms with van der Waals surface area (Å²) in [4.78, 5) is 15.8. The number of aromatic nitrogens is 1. The van der Waals surface area contributed by atoms with E-state index in [2.05, 4.69) is 10.3 Å². The molecule has 0 aliphatic heterocycles. The molecule has 0 aromatic carbocycles. The van der Waals surface area contributed by atoms with Gasteiger partial charge in [0.05, 0.1) is 5.56 Å². The summed E-state index contributed by atoms with van der Waals surface area (Å²) in [5.41, 5.74) is 7.46. The quantitative estimate of drug-likeness (QED) is 0.727. The van der Waals surface area contributed by atoms with Crippen molar-refractivity contribution in [1.29, 1.82) is 0 Å². The van der Waals surface area contributed by atoms with Gasteiger partial charge in [0.15, 0.2) is 0 Å². The first-order valence-electron chi connectivity index (χ1n) is 5.64. The highest BCUT2D eigenvalue weighted by molar-refractivity contribution is 5.98. The van der Waals surface area contributed by atoms with Crippen molar-refractivity contribution in [3.8, 4) is 0 Å². The van der Waals surface area contributed by atoms with Crippen molar-refractivity contribution >= 4 is 11.6 Å². The maximum atomic E-state index is 11.7. The fraction of sp³-hybridized carbons (Fsp3) is 0.500. The van der Waals surface area contributed by atoms with Gasteiger partial charge in [0, 0.05) is 37.8 Å². The molecule has 0 saturated carbocycles. The lowest BCUT2D eigenvalue weighted by atomic mass is 10.2. The van der Waals surface area contributed by atoms with Gasteiger partial charge in [0.2, 0.25) is 0 Å². The van der Waals surface area contributed by atoms with Crippen LogP contribution in [0.5, 0.6) is 0 Å². The van der Waals surface area contributed by atoms with Crippen molar-refractivity contribution in [2.45, 2.75) is 19.8 Å². The molecule has 94 valence electrons. The van der Waals surface area contributed by atoms with Crippen LogP contribution in [0.15, 0.2) is 12.3 Å². The number of methoxy groups -OCH3 is 1. The number of carbonyl (C=O) groups excluding carboxylic acids is 1. The van der Waals surface area contributed by atoms with E-state index in [9.17, 15) is 4.79 Å². The molecule has 0 saturated heterocycles. The third-order valence-electron chi connectivity index (χ3n) is 2.38. The zero-order chi connectivity index (χ0) is 12.7. The van der Waals surface area contributed by atoms with E-state index in [4.69, 9.17) is 10.5 Å². The molecule has 1 aromatic rings. The monoisotopic (exact) mass is 237 g/mol. The van der Waals surface area contributed by atoms with Crippen LogP contribution in [0, 0.1) is 6.92 Å². The Bertz CT molecular complexity index is 380. The van der Waals surface area contributed by atoms with Crippen molar-refractivity contribution in [2.24, 2.45) is 0 Å². The van der Waals surface area contributed by atoms with Gasteiger partial charge in [-0.2, -0.15) is 0 Å². The molecule has 0 bridgehead atoms. The molecule has 1 rings (SSSR count). The molecule has 0 atom stereocenters. The summed E-state index contributed by atoms with van der Waals surface area (Å²) in [6.45, 7) is 3.17. The van der Waals surface area contributed by atoms with Crippen LogP contribution in [0.25, 0.3) is 0 Å². The summed E-state index contributed by atoms with van der Waals surface area (Å²) >= 11 is 0. The van der Waals surface area contributed by atoms with Crippen LogP contribution >= 0.6 is 0 Å². The maximum Gasteiger partial charge on any atom is 0.254 e. The fourth-order valence-corrected chi connectivity index (χ4v) is 1.44. The second-order valence-electron chi connectivity index (χ2n) is 3.87. The molecule has 1 heterocycles. The highest BCUT2D eigenvalue weighted by atomic mass is 16.5. The van der Waals surface area contributed by atoms with Gasteiger partial charge in [0.25, 0.3) is 5.91 Å². The summed E-state index contributed by atoms with van der Waals surface area (Å²) < 4.78 is 4.92. The number of unbranched alkanes of at least 4 members (excludes halogenated alkanes) is 1. The molecule has 5 nitrogen and oxygen atoms in total. The molecule has 0 aliphatic carbocycles. The smallest absolute Gasteiger partial charge is 0.254 e. The maximum absolute atomic E-state index is 11.7. The molecule has 0 aliphatic rings. The van der Waals surface area contributed by atoms with Gasteiger partial charge in [-0.25, -0.2) is 0 Å². The third-order valence-corrected chi connectivity index (χ3v) is 2.38. The number of nitrogens with one attached hydrogen (secondary N) is 1. The third kappa shape index (κ3) is 4.40. The Balaban J connectivity index is 2.42. The number of pyridine rings is 1. The Labute approximate surface area is 101 Å². The number of hydrogen-bond acceptors (Lipinski definition) is 4. The van der Waals surface area contributed by atoms with Crippen molar-refractivity contribution in [3.05, 3.63) is 23.5 Å². The number of aryl methyl sites for hydroxylation is 1. The lowest BCUT2D eigenvalue weighted by Gasteiger charge is -2.07. The Morgan fingerprint density at radius 2 is 2.29 bits per heavy atom. The molecule has 1 amide bonds. The summed E-state index contributed by atoms with van der Waals surface area (Å²) in [6.07, 6.45) is 3.33. The van der Waals surface area contributed by atoms with Gasteiger partial charge < -0.3 is 15.8 Å². The number of amides is 1. The molecule has 1 aromatic heterocycles. The van der Waals surface area contributed by atoms with Crippen LogP contribution in [0.2, 0.25) is 0 Å². The van der Waals surface area contributed by atoms with E-state index in [1.807, 2.05) is 6.92 Å². The highest BCUT2D eigenvalue weighted by Crippen LogP contribution is 2.10. The number of nitrogens with two attached hydrogens (primary N) is 1. The Hall–Kier alpha value is -1.62. The summed E-state index contributed by atoms with van der Waals surface area (Å²) in [6, 6.07) is 1.69. The fourth-order valence-electron chi connectivity index (χ4n) is 1.44. The van der Waals surface area contributed by atoms with Gasteiger partial charge in [-0.1, -0.05) is 0 Å². The van der Waals surface area contributed by atoms with E-state index in [-0.39, 0.29) is 5.91 Å². The molecule has 5 heteroatoms. The van der Waals surface area contributed by atoms with Crippen LogP contribution in [0.3, 0.4) is 0 Å². The number of anilines is 1. The minimum Gasteiger partial charge on any atom is -0.398 e. The lowest BCUT2D eigenvalue weighted by molar-refractivity contribution is 0.0952. The van der Waals surface area contributed by atoms with Crippen LogP contribution in [0.4, 0.5) is 5.69 Å². The summed E-state index contributed by atoms with van der Waals surface area (Å²) in [7, 11) is 1.66. The Kier molecular flexibility index (Phi) is 5.42. The van der Waals surface area contributed by atoms with Crippen LogP contribution in [0.1, 0.15) is 28.9 Å². The van der Waals surface area contributed by atoms with Crippen LogP contribution in [-0.2, 0) is 4.74 Å². The second-order valence-corrected chi connectivity index (χ2v) is 3.87. The molecule has 17 heavy (non-hydrogen) atoms. The first kappa shape index (κ1) is 13.4. The molecule has 0 spiro atoms. The molecule has 0 fully saturated rings. The topological polar surface area (TPSA) is 77.2 Å². The van der Waals surface area contributed by atoms with E-state index in [0.29, 0.717) is 24.4 Å². The van der Waals surface area contributed by atoms with Gasteiger partial charge in [-0.15, -0.1) is 0 Å². The van der Waals surface area contributed by atoms with E-state index < -0.39 is 0 Å².